The number of fused-ring (bicyclic) bond motifs is 1. The number of hydrogen-bond donors (Lipinski definition) is 0. The number of rotatable bonds is 0. The molecule has 0 heterocycles. The molecule has 2 aliphatic carbocycles. The normalized spacial score (nSPS) is 35.0. The lowest BCUT2D eigenvalue weighted by Crippen LogP contribution is -2.16. The molecule has 1 fully saturated rings. The van der Waals surface area contributed by atoms with Crippen LogP contribution >= 0.6 is 0 Å². The molecule has 0 aromatic carbocycles. The van der Waals surface area contributed by atoms with Crippen molar-refractivity contribution in [3.8, 4) is 0 Å². The minimum absolute atomic E-state index is 0.123. The van der Waals surface area contributed by atoms with E-state index in [0.717, 1.165) is 19.3 Å². The Morgan fingerprint density at radius 3 is 2.83 bits per heavy atom. The third-order valence-electron chi connectivity index (χ3n) is 2.92. The summed E-state index contributed by atoms with van der Waals surface area (Å²) in [6.07, 6.45) is 6.67. The van der Waals surface area contributed by atoms with Crippen molar-refractivity contribution >= 4 is 11.6 Å². The molecular formula is C10H12O2. The van der Waals surface area contributed by atoms with Crippen molar-refractivity contribution in [2.24, 2.45) is 11.8 Å². The number of hydrogen-bond acceptors (Lipinski definition) is 2. The van der Waals surface area contributed by atoms with E-state index < -0.39 is 0 Å². The van der Waals surface area contributed by atoms with Crippen LogP contribution < -0.4 is 0 Å². The largest absolute Gasteiger partial charge is 0.295 e. The Bertz CT molecular complexity index is 253. The second-order valence-corrected chi connectivity index (χ2v) is 3.70. The first-order valence-corrected chi connectivity index (χ1v) is 4.52. The van der Waals surface area contributed by atoms with E-state index in [0.29, 0.717) is 12.3 Å². The molecule has 0 aromatic rings. The first-order valence-electron chi connectivity index (χ1n) is 4.52. The molecule has 2 unspecified atom stereocenters. The Morgan fingerprint density at radius 2 is 2.00 bits per heavy atom. The SMILES string of the molecule is O=C1C=CC(=O)C2CCCC2C1. The fraction of sp³-hybridized carbons (Fsp3) is 0.600. The smallest absolute Gasteiger partial charge is 0.159 e. The van der Waals surface area contributed by atoms with Crippen LogP contribution in [0.25, 0.3) is 0 Å². The molecular weight excluding hydrogens is 152 g/mol. The Morgan fingerprint density at radius 1 is 1.17 bits per heavy atom. The fourth-order valence-corrected chi connectivity index (χ4v) is 2.28. The second-order valence-electron chi connectivity index (χ2n) is 3.70. The second kappa shape index (κ2) is 2.85. The van der Waals surface area contributed by atoms with E-state index in [1.165, 1.54) is 12.2 Å². The minimum Gasteiger partial charge on any atom is -0.295 e. The molecule has 2 aliphatic rings. The van der Waals surface area contributed by atoms with Gasteiger partial charge in [0.15, 0.2) is 11.6 Å². The highest BCUT2D eigenvalue weighted by atomic mass is 16.1. The van der Waals surface area contributed by atoms with Crippen LogP contribution in [0, 0.1) is 11.8 Å². The van der Waals surface area contributed by atoms with Crippen LogP contribution in [0.5, 0.6) is 0 Å². The third kappa shape index (κ3) is 1.22. The van der Waals surface area contributed by atoms with E-state index in [1.807, 2.05) is 0 Å². The Kier molecular flexibility index (Phi) is 1.83. The van der Waals surface area contributed by atoms with Gasteiger partial charge < -0.3 is 0 Å². The van der Waals surface area contributed by atoms with Crippen LogP contribution in [0.1, 0.15) is 25.7 Å². The first-order chi connectivity index (χ1) is 5.77. The van der Waals surface area contributed by atoms with Gasteiger partial charge in [0.1, 0.15) is 0 Å². The first kappa shape index (κ1) is 7.71. The molecule has 2 atom stereocenters. The molecule has 2 nitrogen and oxygen atoms in total. The van der Waals surface area contributed by atoms with Crippen molar-refractivity contribution in [2.75, 3.05) is 0 Å². The minimum atomic E-state index is 0.123. The molecule has 12 heavy (non-hydrogen) atoms. The lowest BCUT2D eigenvalue weighted by atomic mass is 9.90. The average molecular weight is 164 g/mol. The molecule has 1 saturated carbocycles. The quantitative estimate of drug-likeness (QED) is 0.543. The van der Waals surface area contributed by atoms with Crippen LogP contribution in [0.4, 0.5) is 0 Å². The highest BCUT2D eigenvalue weighted by Gasteiger charge is 2.34. The molecule has 0 N–H and O–H groups in total. The molecule has 0 spiro atoms. The lowest BCUT2D eigenvalue weighted by Gasteiger charge is -2.12. The van der Waals surface area contributed by atoms with E-state index in [-0.39, 0.29) is 17.5 Å². The fourth-order valence-electron chi connectivity index (χ4n) is 2.28. The number of carbonyl (C=O) groups is 2. The monoisotopic (exact) mass is 164 g/mol. The standard InChI is InChI=1S/C10H12O2/c11-8-4-5-10(12)9-3-1-2-7(9)6-8/h4-5,7,9H,1-3,6H2. The van der Waals surface area contributed by atoms with E-state index >= 15 is 0 Å². The van der Waals surface area contributed by atoms with Gasteiger partial charge in [-0.25, -0.2) is 0 Å². The van der Waals surface area contributed by atoms with E-state index in [1.54, 1.807) is 0 Å². The van der Waals surface area contributed by atoms with Crippen LogP contribution in [-0.2, 0) is 9.59 Å². The van der Waals surface area contributed by atoms with Gasteiger partial charge in [0.25, 0.3) is 0 Å². The topological polar surface area (TPSA) is 34.1 Å². The Labute approximate surface area is 71.6 Å². The van der Waals surface area contributed by atoms with Crippen molar-refractivity contribution in [3.05, 3.63) is 12.2 Å². The van der Waals surface area contributed by atoms with Gasteiger partial charge in [-0.05, 0) is 30.9 Å². The Hall–Kier alpha value is -0.920. The van der Waals surface area contributed by atoms with Crippen molar-refractivity contribution in [1.29, 1.82) is 0 Å². The summed E-state index contributed by atoms with van der Waals surface area (Å²) in [5.74, 6) is 0.800. The lowest BCUT2D eigenvalue weighted by molar-refractivity contribution is -0.119. The van der Waals surface area contributed by atoms with Crippen LogP contribution in [-0.4, -0.2) is 11.6 Å². The van der Waals surface area contributed by atoms with Gasteiger partial charge in [-0.15, -0.1) is 0 Å². The highest BCUT2D eigenvalue weighted by Crippen LogP contribution is 2.36. The summed E-state index contributed by atoms with van der Waals surface area (Å²) >= 11 is 0. The predicted molar refractivity (Wildman–Crippen MR) is 44.6 cm³/mol. The zero-order valence-electron chi connectivity index (χ0n) is 6.95. The van der Waals surface area contributed by atoms with Crippen LogP contribution in [0.3, 0.4) is 0 Å². The van der Waals surface area contributed by atoms with Crippen LogP contribution in [0.15, 0.2) is 12.2 Å². The van der Waals surface area contributed by atoms with Gasteiger partial charge in [0.2, 0.25) is 0 Å². The van der Waals surface area contributed by atoms with Gasteiger partial charge >= 0.3 is 0 Å². The van der Waals surface area contributed by atoms with Crippen LogP contribution in [0.2, 0.25) is 0 Å². The number of ketones is 2. The Balaban J connectivity index is 2.24. The summed E-state index contributed by atoms with van der Waals surface area (Å²) in [7, 11) is 0. The van der Waals surface area contributed by atoms with Gasteiger partial charge in [0, 0.05) is 12.3 Å². The average Bonchev–Trinajstić information content (AvgIpc) is 2.44. The van der Waals surface area contributed by atoms with Crippen molar-refractivity contribution < 1.29 is 9.59 Å². The third-order valence-corrected chi connectivity index (χ3v) is 2.92. The molecule has 0 aromatic heterocycles. The molecule has 0 aliphatic heterocycles. The molecule has 0 radical (unpaired) electrons. The van der Waals surface area contributed by atoms with Crippen molar-refractivity contribution in [2.45, 2.75) is 25.7 Å². The zero-order valence-corrected chi connectivity index (χ0v) is 6.95. The highest BCUT2D eigenvalue weighted by molar-refractivity contribution is 6.02. The molecule has 2 rings (SSSR count). The maximum Gasteiger partial charge on any atom is 0.159 e. The molecule has 0 amide bonds. The summed E-state index contributed by atoms with van der Waals surface area (Å²) < 4.78 is 0. The maximum atomic E-state index is 11.4. The summed E-state index contributed by atoms with van der Waals surface area (Å²) in [4.78, 5) is 22.5. The van der Waals surface area contributed by atoms with Gasteiger partial charge in [0.05, 0.1) is 0 Å². The van der Waals surface area contributed by atoms with Gasteiger partial charge in [-0.1, -0.05) is 6.42 Å². The van der Waals surface area contributed by atoms with Gasteiger partial charge in [-0.3, -0.25) is 9.59 Å². The molecule has 2 heteroatoms. The van der Waals surface area contributed by atoms with Gasteiger partial charge in [-0.2, -0.15) is 0 Å². The summed E-state index contributed by atoms with van der Waals surface area (Å²) in [5, 5.41) is 0. The number of carbonyl (C=O) groups excluding carboxylic acids is 2. The van der Waals surface area contributed by atoms with E-state index in [2.05, 4.69) is 0 Å². The zero-order chi connectivity index (χ0) is 8.55. The molecule has 0 bridgehead atoms. The summed E-state index contributed by atoms with van der Waals surface area (Å²) in [6, 6.07) is 0. The van der Waals surface area contributed by atoms with E-state index in [9.17, 15) is 9.59 Å². The van der Waals surface area contributed by atoms with E-state index in [4.69, 9.17) is 0 Å². The maximum absolute atomic E-state index is 11.4. The molecule has 0 saturated heterocycles. The summed E-state index contributed by atoms with van der Waals surface area (Å²) in [5.41, 5.74) is 0. The predicted octanol–water partition coefficient (Wildman–Crippen LogP) is 1.50. The summed E-state index contributed by atoms with van der Waals surface area (Å²) in [6.45, 7) is 0. The van der Waals surface area contributed by atoms with Crippen molar-refractivity contribution in [3.63, 3.8) is 0 Å². The number of allylic oxidation sites excluding steroid dienone is 2. The van der Waals surface area contributed by atoms with Crippen molar-refractivity contribution in [1.82, 2.24) is 0 Å². The molecule has 64 valence electrons.